The maximum Gasteiger partial charge on any atom is 0.335 e. The topological polar surface area (TPSA) is 66.4 Å². The molecule has 1 amide bonds. The summed E-state index contributed by atoms with van der Waals surface area (Å²) in [6, 6.07) is 6.82. The molecule has 0 aromatic heterocycles. The van der Waals surface area contributed by atoms with E-state index in [9.17, 15) is 9.59 Å². The number of aromatic carboxylic acids is 1. The third kappa shape index (κ3) is 3.34. The van der Waals surface area contributed by atoms with Gasteiger partial charge in [0.2, 0.25) is 5.91 Å². The highest BCUT2D eigenvalue weighted by atomic mass is 16.4. The van der Waals surface area contributed by atoms with E-state index in [0.717, 1.165) is 0 Å². The van der Waals surface area contributed by atoms with Crippen LogP contribution in [-0.4, -0.2) is 23.0 Å². The van der Waals surface area contributed by atoms with Crippen LogP contribution in [0.3, 0.4) is 0 Å². The van der Waals surface area contributed by atoms with Crippen molar-refractivity contribution < 1.29 is 14.7 Å². The number of carbonyl (C=O) groups excluding carboxylic acids is 1. The summed E-state index contributed by atoms with van der Waals surface area (Å²) >= 11 is 0. The smallest absolute Gasteiger partial charge is 0.335 e. The molecule has 0 aliphatic heterocycles. The van der Waals surface area contributed by atoms with Crippen molar-refractivity contribution in [1.29, 1.82) is 0 Å². The minimum atomic E-state index is -0.990. The van der Waals surface area contributed by atoms with E-state index in [1.54, 1.807) is 18.2 Å². The lowest BCUT2D eigenvalue weighted by Crippen LogP contribution is -2.41. The van der Waals surface area contributed by atoms with Gasteiger partial charge in [-0.2, -0.15) is 0 Å². The molecule has 2 rings (SSSR count). The first kappa shape index (κ1) is 13.6. The van der Waals surface area contributed by atoms with Gasteiger partial charge in [0.15, 0.2) is 0 Å². The largest absolute Gasteiger partial charge is 0.478 e. The first-order valence-corrected chi connectivity index (χ1v) is 6.68. The molecular formula is C15H19NO3. The second kappa shape index (κ2) is 5.87. The molecule has 1 aromatic rings. The highest BCUT2D eigenvalue weighted by Gasteiger charge is 2.25. The Morgan fingerprint density at radius 3 is 2.63 bits per heavy atom. The van der Waals surface area contributed by atoms with E-state index in [2.05, 4.69) is 5.32 Å². The molecule has 0 saturated heterocycles. The first-order chi connectivity index (χ1) is 9.08. The van der Waals surface area contributed by atoms with Crippen LogP contribution in [0.1, 0.15) is 42.1 Å². The molecule has 0 radical (unpaired) electrons. The van der Waals surface area contributed by atoms with Gasteiger partial charge in [-0.15, -0.1) is 0 Å². The van der Waals surface area contributed by atoms with Gasteiger partial charge >= 0.3 is 5.97 Å². The average Bonchev–Trinajstić information content (AvgIpc) is 2.26. The molecule has 1 atom stereocenters. The standard InChI is InChI=1S/C15H19NO3/c1-10(11-6-4-7-11)16-14(17)9-12-5-2-3-8-13(12)15(18)19/h2-3,5,8,10-11H,4,6-7,9H2,1H3,(H,16,17)(H,18,19). The molecule has 2 N–H and O–H groups in total. The number of hydrogen-bond acceptors (Lipinski definition) is 2. The predicted octanol–water partition coefficient (Wildman–Crippen LogP) is 2.23. The molecule has 1 aliphatic rings. The summed E-state index contributed by atoms with van der Waals surface area (Å²) in [5.74, 6) is -0.512. The number of benzene rings is 1. The van der Waals surface area contributed by atoms with Gasteiger partial charge in [-0.1, -0.05) is 24.6 Å². The van der Waals surface area contributed by atoms with Crippen molar-refractivity contribution >= 4 is 11.9 Å². The van der Waals surface area contributed by atoms with Crippen LogP contribution in [0.5, 0.6) is 0 Å². The maximum atomic E-state index is 11.9. The summed E-state index contributed by atoms with van der Waals surface area (Å²) in [5.41, 5.74) is 0.766. The van der Waals surface area contributed by atoms with Gasteiger partial charge < -0.3 is 10.4 Å². The van der Waals surface area contributed by atoms with Gasteiger partial charge in [-0.25, -0.2) is 4.79 Å². The van der Waals surface area contributed by atoms with Crippen molar-refractivity contribution in [2.45, 2.75) is 38.6 Å². The first-order valence-electron chi connectivity index (χ1n) is 6.68. The molecule has 102 valence electrons. The fraction of sp³-hybridized carbons (Fsp3) is 0.467. The highest BCUT2D eigenvalue weighted by molar-refractivity contribution is 5.91. The normalized spacial score (nSPS) is 16.5. The van der Waals surface area contributed by atoms with E-state index in [1.807, 2.05) is 6.92 Å². The van der Waals surface area contributed by atoms with Crippen LogP contribution >= 0.6 is 0 Å². The van der Waals surface area contributed by atoms with Crippen molar-refractivity contribution in [3.05, 3.63) is 35.4 Å². The Kier molecular flexibility index (Phi) is 4.20. The molecule has 4 nitrogen and oxygen atoms in total. The number of amides is 1. The summed E-state index contributed by atoms with van der Waals surface area (Å²) < 4.78 is 0. The Morgan fingerprint density at radius 1 is 1.37 bits per heavy atom. The van der Waals surface area contributed by atoms with Crippen molar-refractivity contribution in [3.8, 4) is 0 Å². The number of carboxylic acid groups (broad SMARTS) is 1. The predicted molar refractivity (Wildman–Crippen MR) is 72.1 cm³/mol. The quantitative estimate of drug-likeness (QED) is 0.854. The van der Waals surface area contributed by atoms with E-state index in [0.29, 0.717) is 11.5 Å². The van der Waals surface area contributed by atoms with E-state index in [1.165, 1.54) is 25.3 Å². The van der Waals surface area contributed by atoms with Gasteiger partial charge in [-0.05, 0) is 37.3 Å². The Balaban J connectivity index is 1.96. The van der Waals surface area contributed by atoms with Crippen molar-refractivity contribution in [1.82, 2.24) is 5.32 Å². The monoisotopic (exact) mass is 261 g/mol. The van der Waals surface area contributed by atoms with E-state index in [-0.39, 0.29) is 23.9 Å². The summed E-state index contributed by atoms with van der Waals surface area (Å²) in [7, 11) is 0. The van der Waals surface area contributed by atoms with Crippen LogP contribution in [0.4, 0.5) is 0 Å². The summed E-state index contributed by atoms with van der Waals surface area (Å²) in [6.45, 7) is 2.02. The minimum absolute atomic E-state index is 0.104. The molecule has 4 heteroatoms. The van der Waals surface area contributed by atoms with E-state index in [4.69, 9.17) is 5.11 Å². The fourth-order valence-corrected chi connectivity index (χ4v) is 2.42. The average molecular weight is 261 g/mol. The Morgan fingerprint density at radius 2 is 2.05 bits per heavy atom. The SMILES string of the molecule is CC(NC(=O)Cc1ccccc1C(=O)O)C1CCC1. The van der Waals surface area contributed by atoms with E-state index < -0.39 is 5.97 Å². The van der Waals surface area contributed by atoms with Crippen LogP contribution < -0.4 is 5.32 Å². The lowest BCUT2D eigenvalue weighted by atomic mass is 9.80. The third-order valence-corrected chi connectivity index (χ3v) is 3.84. The van der Waals surface area contributed by atoms with Gasteiger partial charge in [-0.3, -0.25) is 4.79 Å². The van der Waals surface area contributed by atoms with Gasteiger partial charge in [0.05, 0.1) is 12.0 Å². The summed E-state index contributed by atoms with van der Waals surface area (Å²) in [6.07, 6.45) is 3.71. The second-order valence-electron chi connectivity index (χ2n) is 5.19. The third-order valence-electron chi connectivity index (χ3n) is 3.84. The molecular weight excluding hydrogens is 242 g/mol. The number of rotatable bonds is 5. The number of carboxylic acids is 1. The van der Waals surface area contributed by atoms with Crippen LogP contribution in [0.15, 0.2) is 24.3 Å². The molecule has 1 fully saturated rings. The van der Waals surface area contributed by atoms with Crippen molar-refractivity contribution in [2.24, 2.45) is 5.92 Å². The number of carbonyl (C=O) groups is 2. The Hall–Kier alpha value is -1.84. The Bertz CT molecular complexity index is 480. The molecule has 0 spiro atoms. The molecule has 1 unspecified atom stereocenters. The van der Waals surface area contributed by atoms with Crippen LogP contribution in [0.2, 0.25) is 0 Å². The number of hydrogen-bond donors (Lipinski definition) is 2. The van der Waals surface area contributed by atoms with E-state index >= 15 is 0 Å². The van der Waals surface area contributed by atoms with Gasteiger partial charge in [0.25, 0.3) is 0 Å². The lowest BCUT2D eigenvalue weighted by molar-refractivity contribution is -0.121. The zero-order valence-electron chi connectivity index (χ0n) is 11.1. The number of nitrogens with one attached hydrogen (secondary N) is 1. The van der Waals surface area contributed by atoms with Crippen LogP contribution in [0, 0.1) is 5.92 Å². The molecule has 1 aliphatic carbocycles. The van der Waals surface area contributed by atoms with Gasteiger partial charge in [0, 0.05) is 6.04 Å². The molecule has 1 saturated carbocycles. The van der Waals surface area contributed by atoms with Crippen LogP contribution in [0.25, 0.3) is 0 Å². The van der Waals surface area contributed by atoms with Crippen molar-refractivity contribution in [3.63, 3.8) is 0 Å². The highest BCUT2D eigenvalue weighted by Crippen LogP contribution is 2.29. The fourth-order valence-electron chi connectivity index (χ4n) is 2.42. The Labute approximate surface area is 112 Å². The molecule has 1 aromatic carbocycles. The minimum Gasteiger partial charge on any atom is -0.478 e. The molecule has 0 heterocycles. The summed E-state index contributed by atoms with van der Waals surface area (Å²) in [4.78, 5) is 23.0. The zero-order chi connectivity index (χ0) is 13.8. The molecule has 19 heavy (non-hydrogen) atoms. The lowest BCUT2D eigenvalue weighted by Gasteiger charge is -2.31. The zero-order valence-corrected chi connectivity index (χ0v) is 11.1. The summed E-state index contributed by atoms with van der Waals surface area (Å²) in [5, 5.41) is 12.0. The maximum absolute atomic E-state index is 11.9. The van der Waals surface area contributed by atoms with Gasteiger partial charge in [0.1, 0.15) is 0 Å². The second-order valence-corrected chi connectivity index (χ2v) is 5.19. The molecule has 0 bridgehead atoms. The van der Waals surface area contributed by atoms with Crippen molar-refractivity contribution in [2.75, 3.05) is 0 Å². The van der Waals surface area contributed by atoms with Crippen LogP contribution in [-0.2, 0) is 11.2 Å².